The molecule has 0 saturated heterocycles. The number of unbranched alkanes of at least 4 members (excludes halogenated alkanes) is 13. The molecule has 1 aromatic rings. The van der Waals surface area contributed by atoms with E-state index in [2.05, 4.69) is 66.1 Å². The smallest absolute Gasteiger partial charge is 0.108 e. The third-order valence-corrected chi connectivity index (χ3v) is 7.56. The Labute approximate surface area is 221 Å². The summed E-state index contributed by atoms with van der Waals surface area (Å²) in [7, 11) is 0. The molecular formula is C31H53N3S. The van der Waals surface area contributed by atoms with Gasteiger partial charge in [-0.2, -0.15) is 0 Å². The van der Waals surface area contributed by atoms with Gasteiger partial charge in [-0.05, 0) is 24.8 Å². The van der Waals surface area contributed by atoms with E-state index in [9.17, 15) is 0 Å². The van der Waals surface area contributed by atoms with Gasteiger partial charge in [0.05, 0.1) is 6.04 Å². The molecule has 0 amide bonds. The van der Waals surface area contributed by atoms with E-state index in [4.69, 9.17) is 4.99 Å². The predicted octanol–water partition coefficient (Wildman–Crippen LogP) is 8.95. The fraction of sp³-hybridized carbons (Fsp3) is 0.710. The predicted molar refractivity (Wildman–Crippen MR) is 158 cm³/mol. The highest BCUT2D eigenvalue weighted by atomic mass is 32.2. The van der Waals surface area contributed by atoms with Gasteiger partial charge in [-0.15, -0.1) is 0 Å². The van der Waals surface area contributed by atoms with Crippen molar-refractivity contribution in [1.29, 1.82) is 0 Å². The van der Waals surface area contributed by atoms with Gasteiger partial charge in [0.2, 0.25) is 0 Å². The molecule has 1 heterocycles. The van der Waals surface area contributed by atoms with Crippen molar-refractivity contribution in [1.82, 2.24) is 9.62 Å². The molecule has 0 spiro atoms. The summed E-state index contributed by atoms with van der Waals surface area (Å²) in [4.78, 5) is 7.50. The summed E-state index contributed by atoms with van der Waals surface area (Å²) in [6.45, 7) is 6.54. The van der Waals surface area contributed by atoms with Crippen LogP contribution in [0.15, 0.2) is 47.6 Å². The molecule has 1 aromatic carbocycles. The van der Waals surface area contributed by atoms with E-state index >= 15 is 0 Å². The lowest BCUT2D eigenvalue weighted by Gasteiger charge is -2.16. The first-order valence-corrected chi connectivity index (χ1v) is 15.7. The molecule has 1 N–H and O–H groups in total. The summed E-state index contributed by atoms with van der Waals surface area (Å²) in [5, 5.41) is 0. The monoisotopic (exact) mass is 499 g/mol. The number of nitrogens with one attached hydrogen (secondary N) is 1. The number of nitrogens with zero attached hydrogens (tertiary/aromatic N) is 2. The molecule has 0 aliphatic carbocycles. The van der Waals surface area contributed by atoms with Crippen molar-refractivity contribution in [2.45, 2.75) is 123 Å². The number of rotatable bonds is 22. The van der Waals surface area contributed by atoms with Gasteiger partial charge in [0.25, 0.3) is 0 Å². The minimum absolute atomic E-state index is 0.402. The number of amidine groups is 1. The molecule has 0 aromatic heterocycles. The van der Waals surface area contributed by atoms with Gasteiger partial charge in [0, 0.05) is 31.5 Å². The zero-order valence-corrected chi connectivity index (χ0v) is 23.7. The summed E-state index contributed by atoms with van der Waals surface area (Å²) < 4.78 is 3.45. The van der Waals surface area contributed by atoms with Crippen LogP contribution in [0, 0.1) is 0 Å². The maximum atomic E-state index is 5.09. The third kappa shape index (κ3) is 14.8. The Bertz CT molecular complexity index is 673. The Morgan fingerprint density at radius 3 is 2.14 bits per heavy atom. The quantitative estimate of drug-likeness (QED) is 0.127. The molecule has 1 atom stereocenters. The summed E-state index contributed by atoms with van der Waals surface area (Å²) in [5.41, 5.74) is 1.35. The molecule has 0 radical (unpaired) electrons. The Morgan fingerprint density at radius 1 is 0.886 bits per heavy atom. The molecule has 2 rings (SSSR count). The molecule has 0 saturated carbocycles. The maximum absolute atomic E-state index is 5.09. The van der Waals surface area contributed by atoms with Crippen LogP contribution in [0.3, 0.4) is 0 Å². The van der Waals surface area contributed by atoms with Crippen LogP contribution in [-0.4, -0.2) is 35.6 Å². The first-order valence-electron chi connectivity index (χ1n) is 14.7. The Kier molecular flexibility index (Phi) is 17.9. The first-order chi connectivity index (χ1) is 17.3. The molecule has 198 valence electrons. The van der Waals surface area contributed by atoms with E-state index in [-0.39, 0.29) is 0 Å². The summed E-state index contributed by atoms with van der Waals surface area (Å²) in [6.07, 6.45) is 26.3. The maximum Gasteiger partial charge on any atom is 0.108 e. The summed E-state index contributed by atoms with van der Waals surface area (Å²) in [5.74, 6) is 2.34. The van der Waals surface area contributed by atoms with Crippen LogP contribution < -0.4 is 4.72 Å². The number of benzene rings is 1. The molecule has 4 heteroatoms. The Hall–Kier alpha value is -1.26. The SMILES string of the molecule is CCCCCCCCCCCCCCCC=CN1CC(CCNSCC)N=C1Cc1ccccc1. The van der Waals surface area contributed by atoms with Crippen molar-refractivity contribution in [2.24, 2.45) is 4.99 Å². The van der Waals surface area contributed by atoms with Gasteiger partial charge in [0.1, 0.15) is 5.84 Å². The second-order valence-corrected chi connectivity index (χ2v) is 11.2. The minimum atomic E-state index is 0.402. The van der Waals surface area contributed by atoms with Crippen molar-refractivity contribution in [3.63, 3.8) is 0 Å². The highest BCUT2D eigenvalue weighted by Crippen LogP contribution is 2.18. The topological polar surface area (TPSA) is 27.6 Å². The van der Waals surface area contributed by atoms with E-state index < -0.39 is 0 Å². The van der Waals surface area contributed by atoms with E-state index in [1.807, 2.05) is 0 Å². The number of allylic oxidation sites excluding steroid dienone is 1. The Balaban J connectivity index is 1.58. The molecule has 0 bridgehead atoms. The van der Waals surface area contributed by atoms with Crippen molar-refractivity contribution >= 4 is 17.8 Å². The molecule has 1 unspecified atom stereocenters. The van der Waals surface area contributed by atoms with Crippen LogP contribution in [0.5, 0.6) is 0 Å². The number of hydrogen-bond donors (Lipinski definition) is 1. The first kappa shape index (κ1) is 30.0. The second kappa shape index (κ2) is 20.9. The van der Waals surface area contributed by atoms with Crippen LogP contribution in [0.4, 0.5) is 0 Å². The fourth-order valence-electron chi connectivity index (χ4n) is 4.77. The Morgan fingerprint density at radius 2 is 1.51 bits per heavy atom. The normalized spacial score (nSPS) is 15.9. The molecule has 1 aliphatic heterocycles. The summed E-state index contributed by atoms with van der Waals surface area (Å²) in [6, 6.07) is 11.2. The lowest BCUT2D eigenvalue weighted by atomic mass is 10.0. The number of hydrogen-bond acceptors (Lipinski definition) is 4. The third-order valence-electron chi connectivity index (χ3n) is 6.86. The van der Waals surface area contributed by atoms with Crippen LogP contribution >= 0.6 is 11.9 Å². The minimum Gasteiger partial charge on any atom is -0.335 e. The van der Waals surface area contributed by atoms with Crippen molar-refractivity contribution in [2.75, 3.05) is 18.8 Å². The van der Waals surface area contributed by atoms with Gasteiger partial charge in [-0.25, -0.2) is 0 Å². The highest BCUT2D eigenvalue weighted by molar-refractivity contribution is 7.97. The lowest BCUT2D eigenvalue weighted by Crippen LogP contribution is -2.26. The highest BCUT2D eigenvalue weighted by Gasteiger charge is 2.23. The van der Waals surface area contributed by atoms with E-state index in [1.54, 1.807) is 11.9 Å². The average Bonchev–Trinajstić information content (AvgIpc) is 3.26. The molecule has 1 aliphatic rings. The standard InChI is InChI=1S/C31H53N3S/c1-3-5-6-7-8-9-10-11-12-13-14-15-16-17-21-26-34-28-30(24-25-32-35-4-2)33-31(34)27-29-22-19-18-20-23-29/h18-23,26,30,32H,3-17,24-25,27-28H2,1-2H3. The lowest BCUT2D eigenvalue weighted by molar-refractivity contribution is 0.510. The van der Waals surface area contributed by atoms with Crippen LogP contribution in [0.1, 0.15) is 116 Å². The van der Waals surface area contributed by atoms with Crippen LogP contribution in [0.25, 0.3) is 0 Å². The molecule has 0 fully saturated rings. The van der Waals surface area contributed by atoms with Crippen molar-refractivity contribution in [3.05, 3.63) is 48.2 Å². The van der Waals surface area contributed by atoms with Crippen molar-refractivity contribution in [3.8, 4) is 0 Å². The van der Waals surface area contributed by atoms with E-state index in [1.165, 1.54) is 101 Å². The largest absolute Gasteiger partial charge is 0.335 e. The fourth-order valence-corrected chi connectivity index (χ4v) is 5.23. The molecular weight excluding hydrogens is 446 g/mol. The van der Waals surface area contributed by atoms with Crippen molar-refractivity contribution < 1.29 is 0 Å². The average molecular weight is 500 g/mol. The molecule has 35 heavy (non-hydrogen) atoms. The number of aliphatic imine (C=N–C) groups is 1. The zero-order valence-electron chi connectivity index (χ0n) is 22.9. The van der Waals surface area contributed by atoms with Gasteiger partial charge in [0.15, 0.2) is 0 Å². The van der Waals surface area contributed by atoms with Gasteiger partial charge < -0.3 is 4.90 Å². The zero-order chi connectivity index (χ0) is 24.8. The van der Waals surface area contributed by atoms with Gasteiger partial charge in [-0.3, -0.25) is 9.71 Å². The summed E-state index contributed by atoms with van der Waals surface area (Å²) >= 11 is 1.80. The second-order valence-electron chi connectivity index (χ2n) is 10.0. The van der Waals surface area contributed by atoms with E-state index in [0.29, 0.717) is 6.04 Å². The van der Waals surface area contributed by atoms with E-state index in [0.717, 1.165) is 31.7 Å². The van der Waals surface area contributed by atoms with Gasteiger partial charge >= 0.3 is 0 Å². The van der Waals surface area contributed by atoms with Crippen LogP contribution in [0.2, 0.25) is 0 Å². The van der Waals surface area contributed by atoms with Gasteiger partial charge in [-0.1, -0.05) is 139 Å². The van der Waals surface area contributed by atoms with Crippen LogP contribution in [-0.2, 0) is 6.42 Å². The molecule has 3 nitrogen and oxygen atoms in total.